The number of carboxylic acid groups (broad SMARTS) is 1. The predicted octanol–water partition coefficient (Wildman–Crippen LogP) is -0.00880. The van der Waals surface area contributed by atoms with Gasteiger partial charge in [0, 0.05) is 38.4 Å². The number of likely N-dealkylation sites (tertiary alicyclic amines) is 1. The van der Waals surface area contributed by atoms with Crippen molar-refractivity contribution in [3.8, 4) is 0 Å². The number of imide groups is 1. The number of aliphatic carboxylic acids is 1. The first-order valence-electron chi connectivity index (χ1n) is 6.83. The minimum absolute atomic E-state index is 0.0770. The maximum absolute atomic E-state index is 12.1. The smallest absolute Gasteiger partial charge is 0.305 e. The lowest BCUT2D eigenvalue weighted by atomic mass is 10.3. The summed E-state index contributed by atoms with van der Waals surface area (Å²) in [7, 11) is 0. The highest BCUT2D eigenvalue weighted by molar-refractivity contribution is 6.02. The van der Waals surface area contributed by atoms with E-state index in [9.17, 15) is 19.2 Å². The fourth-order valence-electron chi connectivity index (χ4n) is 2.34. The van der Waals surface area contributed by atoms with Crippen molar-refractivity contribution in [3.63, 3.8) is 0 Å². The van der Waals surface area contributed by atoms with E-state index in [1.807, 2.05) is 0 Å². The second-order valence-electron chi connectivity index (χ2n) is 5.15. The zero-order chi connectivity index (χ0) is 14.7. The minimum atomic E-state index is -0.937. The number of carboxylic acids is 1. The number of hydrogen-bond donors (Lipinski definition) is 1. The first kappa shape index (κ1) is 14.5. The molecular formula is C13H18N2O5. The maximum Gasteiger partial charge on any atom is 0.305 e. The van der Waals surface area contributed by atoms with Gasteiger partial charge in [-0.3, -0.25) is 24.1 Å². The van der Waals surface area contributed by atoms with Crippen LogP contribution in [-0.2, 0) is 19.2 Å². The van der Waals surface area contributed by atoms with E-state index in [1.54, 1.807) is 4.90 Å². The molecule has 3 amide bonds. The standard InChI is InChI=1S/C13H18N2O5/c16-10-3-4-11(17)15(10)7-5-12(18)14(9-1-2-9)8-6-13(19)20/h9H,1-8H2,(H,19,20). The van der Waals surface area contributed by atoms with Gasteiger partial charge in [-0.25, -0.2) is 0 Å². The molecule has 2 rings (SSSR count). The van der Waals surface area contributed by atoms with Gasteiger partial charge >= 0.3 is 5.97 Å². The normalized spacial score (nSPS) is 18.5. The molecule has 110 valence electrons. The van der Waals surface area contributed by atoms with E-state index in [0.29, 0.717) is 0 Å². The van der Waals surface area contributed by atoms with Gasteiger partial charge in [-0.05, 0) is 12.8 Å². The van der Waals surface area contributed by atoms with Crippen LogP contribution in [0.5, 0.6) is 0 Å². The summed E-state index contributed by atoms with van der Waals surface area (Å²) < 4.78 is 0. The van der Waals surface area contributed by atoms with Crippen LogP contribution in [0.15, 0.2) is 0 Å². The van der Waals surface area contributed by atoms with Gasteiger partial charge in [0.25, 0.3) is 0 Å². The molecule has 0 unspecified atom stereocenters. The molecule has 2 fully saturated rings. The van der Waals surface area contributed by atoms with Crippen molar-refractivity contribution in [1.82, 2.24) is 9.80 Å². The Balaban J connectivity index is 1.83. The van der Waals surface area contributed by atoms with E-state index in [2.05, 4.69) is 0 Å². The lowest BCUT2D eigenvalue weighted by Gasteiger charge is -2.23. The summed E-state index contributed by atoms with van der Waals surface area (Å²) in [6, 6.07) is 0.131. The van der Waals surface area contributed by atoms with Gasteiger partial charge in [-0.2, -0.15) is 0 Å². The Bertz CT molecular complexity index is 428. The topological polar surface area (TPSA) is 95.0 Å². The van der Waals surface area contributed by atoms with Crippen molar-refractivity contribution < 1.29 is 24.3 Å². The van der Waals surface area contributed by atoms with E-state index in [4.69, 9.17) is 5.11 Å². The van der Waals surface area contributed by atoms with E-state index < -0.39 is 5.97 Å². The van der Waals surface area contributed by atoms with Crippen molar-refractivity contribution in [1.29, 1.82) is 0 Å². The van der Waals surface area contributed by atoms with Crippen LogP contribution in [0.3, 0.4) is 0 Å². The summed E-state index contributed by atoms with van der Waals surface area (Å²) in [6.45, 7) is 0.299. The van der Waals surface area contributed by atoms with Gasteiger partial charge in [-0.1, -0.05) is 0 Å². The Morgan fingerprint density at radius 2 is 1.75 bits per heavy atom. The Hall–Kier alpha value is -1.92. The molecule has 20 heavy (non-hydrogen) atoms. The Morgan fingerprint density at radius 3 is 2.25 bits per heavy atom. The first-order valence-corrected chi connectivity index (χ1v) is 6.83. The molecule has 1 heterocycles. The van der Waals surface area contributed by atoms with E-state index >= 15 is 0 Å². The van der Waals surface area contributed by atoms with Gasteiger partial charge in [0.15, 0.2) is 0 Å². The highest BCUT2D eigenvalue weighted by Gasteiger charge is 2.34. The molecule has 0 aromatic heterocycles. The predicted molar refractivity (Wildman–Crippen MR) is 67.6 cm³/mol. The second-order valence-corrected chi connectivity index (χ2v) is 5.15. The Morgan fingerprint density at radius 1 is 1.15 bits per heavy atom. The largest absolute Gasteiger partial charge is 0.481 e. The molecule has 1 aliphatic carbocycles. The fraction of sp³-hybridized carbons (Fsp3) is 0.692. The summed E-state index contributed by atoms with van der Waals surface area (Å²) in [6.07, 6.45) is 2.23. The first-order chi connectivity index (χ1) is 9.49. The SMILES string of the molecule is O=C(O)CCN(C(=O)CCN1C(=O)CCC1=O)C1CC1. The monoisotopic (exact) mass is 282 g/mol. The molecule has 0 aromatic carbocycles. The average Bonchev–Trinajstić information content (AvgIpc) is 3.16. The third-order valence-corrected chi connectivity index (χ3v) is 3.58. The van der Waals surface area contributed by atoms with Crippen LogP contribution >= 0.6 is 0 Å². The molecule has 2 aliphatic rings. The third-order valence-electron chi connectivity index (χ3n) is 3.58. The highest BCUT2D eigenvalue weighted by Crippen LogP contribution is 2.27. The van der Waals surface area contributed by atoms with Crippen LogP contribution in [-0.4, -0.2) is 57.7 Å². The zero-order valence-electron chi connectivity index (χ0n) is 11.2. The summed E-state index contributed by atoms with van der Waals surface area (Å²) in [5.74, 6) is -1.58. The maximum atomic E-state index is 12.1. The Labute approximate surface area is 116 Å². The van der Waals surface area contributed by atoms with Crippen molar-refractivity contribution in [3.05, 3.63) is 0 Å². The van der Waals surface area contributed by atoms with Crippen LogP contribution in [0.1, 0.15) is 38.5 Å². The molecule has 0 radical (unpaired) electrons. The molecule has 0 atom stereocenters. The quantitative estimate of drug-likeness (QED) is 0.663. The minimum Gasteiger partial charge on any atom is -0.481 e. The lowest BCUT2D eigenvalue weighted by Crippen LogP contribution is -2.38. The van der Waals surface area contributed by atoms with Crippen LogP contribution in [0.25, 0.3) is 0 Å². The molecule has 1 saturated carbocycles. The van der Waals surface area contributed by atoms with E-state index in [-0.39, 0.29) is 62.5 Å². The zero-order valence-corrected chi connectivity index (χ0v) is 11.2. The van der Waals surface area contributed by atoms with Crippen molar-refractivity contribution >= 4 is 23.7 Å². The number of amides is 3. The number of carbonyl (C=O) groups is 4. The molecule has 0 bridgehead atoms. The average molecular weight is 282 g/mol. The molecular weight excluding hydrogens is 264 g/mol. The summed E-state index contributed by atoms with van der Waals surface area (Å²) >= 11 is 0. The third kappa shape index (κ3) is 3.55. The van der Waals surface area contributed by atoms with E-state index in [0.717, 1.165) is 17.7 Å². The Kier molecular flexibility index (Phi) is 4.36. The molecule has 1 saturated heterocycles. The summed E-state index contributed by atoms with van der Waals surface area (Å²) in [4.78, 5) is 48.2. The van der Waals surface area contributed by atoms with Crippen molar-refractivity contribution in [2.45, 2.75) is 44.6 Å². The molecule has 7 heteroatoms. The van der Waals surface area contributed by atoms with Gasteiger partial charge in [0.1, 0.15) is 0 Å². The highest BCUT2D eigenvalue weighted by atomic mass is 16.4. The van der Waals surface area contributed by atoms with Gasteiger partial charge in [0.05, 0.1) is 6.42 Å². The van der Waals surface area contributed by atoms with Crippen molar-refractivity contribution in [2.24, 2.45) is 0 Å². The number of rotatable bonds is 7. The van der Waals surface area contributed by atoms with Gasteiger partial charge in [-0.15, -0.1) is 0 Å². The number of carbonyl (C=O) groups excluding carboxylic acids is 3. The summed E-state index contributed by atoms with van der Waals surface area (Å²) in [5, 5.41) is 8.68. The number of hydrogen-bond acceptors (Lipinski definition) is 4. The molecule has 1 aliphatic heterocycles. The van der Waals surface area contributed by atoms with Crippen LogP contribution in [0, 0.1) is 0 Å². The van der Waals surface area contributed by atoms with Gasteiger partial charge < -0.3 is 10.0 Å². The molecule has 1 N–H and O–H groups in total. The molecule has 0 spiro atoms. The van der Waals surface area contributed by atoms with Crippen LogP contribution in [0.2, 0.25) is 0 Å². The molecule has 0 aromatic rings. The van der Waals surface area contributed by atoms with Gasteiger partial charge in [0.2, 0.25) is 17.7 Å². The fourth-order valence-corrected chi connectivity index (χ4v) is 2.34. The second kappa shape index (κ2) is 6.02. The van der Waals surface area contributed by atoms with Crippen molar-refractivity contribution in [2.75, 3.05) is 13.1 Å². The van der Waals surface area contributed by atoms with E-state index in [1.165, 1.54) is 0 Å². The van der Waals surface area contributed by atoms with Crippen LogP contribution in [0.4, 0.5) is 0 Å². The van der Waals surface area contributed by atoms with Crippen LogP contribution < -0.4 is 0 Å². The molecule has 7 nitrogen and oxygen atoms in total. The lowest BCUT2D eigenvalue weighted by molar-refractivity contribution is -0.139. The number of nitrogens with zero attached hydrogens (tertiary/aromatic N) is 2. The summed E-state index contributed by atoms with van der Waals surface area (Å²) in [5.41, 5.74) is 0.